The number of unbranched alkanes of at least 4 members (excludes halogenated alkanes) is 24. The fourth-order valence-electron chi connectivity index (χ4n) is 5.78. The van der Waals surface area contributed by atoms with Gasteiger partial charge in [0.15, 0.2) is 0 Å². The third-order valence-corrected chi connectivity index (χ3v) is 9.47. The molecule has 0 aliphatic heterocycles. The van der Waals surface area contributed by atoms with Crippen molar-refractivity contribution in [2.45, 2.75) is 224 Å². The third-order valence-electron chi connectivity index (χ3n) is 8.89. The van der Waals surface area contributed by atoms with E-state index in [-0.39, 0.29) is 37.6 Å². The normalized spacial score (nSPS) is 12.7. The van der Waals surface area contributed by atoms with Crippen LogP contribution in [0, 0.1) is 0 Å². The quantitative estimate of drug-likeness (QED) is 0.0266. The SMILES string of the molecule is CCCCCCCCCCCCCCCC(=O)OC(CCC(S)[C@H](N)C(=O)O)OC(=O)CCCCCCCCCCCCCCC. The minimum atomic E-state index is -1.15. The summed E-state index contributed by atoms with van der Waals surface area (Å²) in [5.74, 6) is -1.92. The molecule has 0 rings (SSSR count). The number of rotatable bonds is 35. The van der Waals surface area contributed by atoms with Gasteiger partial charge in [0, 0.05) is 24.5 Å². The molecule has 0 heterocycles. The highest BCUT2D eigenvalue weighted by Crippen LogP contribution is 2.18. The van der Waals surface area contributed by atoms with Crippen LogP contribution in [-0.4, -0.2) is 40.6 Å². The van der Waals surface area contributed by atoms with Crippen LogP contribution in [0.25, 0.3) is 0 Å². The lowest BCUT2D eigenvalue weighted by Gasteiger charge is -2.21. The molecule has 0 amide bonds. The van der Waals surface area contributed by atoms with Crippen molar-refractivity contribution in [2.24, 2.45) is 5.73 Å². The van der Waals surface area contributed by atoms with Crippen LogP contribution in [0.5, 0.6) is 0 Å². The van der Waals surface area contributed by atoms with E-state index in [1.54, 1.807) is 0 Å². The van der Waals surface area contributed by atoms with Gasteiger partial charge in [-0.3, -0.25) is 14.4 Å². The number of esters is 2. The first-order chi connectivity index (χ1) is 22.3. The Morgan fingerprint density at radius 3 is 1.09 bits per heavy atom. The Morgan fingerprint density at radius 2 is 0.804 bits per heavy atom. The molecule has 272 valence electrons. The Hall–Kier alpha value is -1.28. The summed E-state index contributed by atoms with van der Waals surface area (Å²) in [6.07, 6.45) is 31.9. The Labute approximate surface area is 288 Å². The third kappa shape index (κ3) is 30.1. The van der Waals surface area contributed by atoms with E-state index < -0.39 is 23.6 Å². The van der Waals surface area contributed by atoms with E-state index in [4.69, 9.17) is 20.3 Å². The first-order valence-electron chi connectivity index (χ1n) is 19.4. The molecule has 0 saturated carbocycles. The van der Waals surface area contributed by atoms with Crippen molar-refractivity contribution >= 4 is 30.5 Å². The molecule has 2 atom stereocenters. The van der Waals surface area contributed by atoms with Crippen LogP contribution in [0.3, 0.4) is 0 Å². The molecule has 0 aromatic carbocycles. The van der Waals surface area contributed by atoms with Gasteiger partial charge in [-0.25, -0.2) is 0 Å². The van der Waals surface area contributed by atoms with Gasteiger partial charge in [0.05, 0.1) is 0 Å². The van der Waals surface area contributed by atoms with E-state index in [1.807, 2.05) is 0 Å². The van der Waals surface area contributed by atoms with Gasteiger partial charge >= 0.3 is 17.9 Å². The molecular weight excluding hydrogens is 598 g/mol. The molecule has 0 aromatic rings. The topological polar surface area (TPSA) is 116 Å². The van der Waals surface area contributed by atoms with Gasteiger partial charge in [0.2, 0.25) is 6.29 Å². The summed E-state index contributed by atoms with van der Waals surface area (Å²) in [6.45, 7) is 4.50. The number of ether oxygens (including phenoxy) is 2. The molecule has 0 spiro atoms. The van der Waals surface area contributed by atoms with Crippen molar-refractivity contribution in [1.82, 2.24) is 0 Å². The average molecular weight is 672 g/mol. The number of carbonyl (C=O) groups is 3. The monoisotopic (exact) mass is 672 g/mol. The Kier molecular flexibility index (Phi) is 32.7. The molecule has 8 heteroatoms. The van der Waals surface area contributed by atoms with E-state index in [1.165, 1.54) is 128 Å². The molecule has 0 saturated heterocycles. The predicted molar refractivity (Wildman–Crippen MR) is 194 cm³/mol. The Balaban J connectivity index is 4.20. The van der Waals surface area contributed by atoms with Gasteiger partial charge < -0.3 is 20.3 Å². The first kappa shape index (κ1) is 44.7. The van der Waals surface area contributed by atoms with Crippen LogP contribution < -0.4 is 5.73 Å². The summed E-state index contributed by atoms with van der Waals surface area (Å²) in [5, 5.41) is 8.52. The van der Waals surface area contributed by atoms with Gasteiger partial charge in [0.25, 0.3) is 0 Å². The van der Waals surface area contributed by atoms with Crippen LogP contribution in [0.4, 0.5) is 0 Å². The smallest absolute Gasteiger partial charge is 0.321 e. The van der Waals surface area contributed by atoms with E-state index >= 15 is 0 Å². The molecule has 0 radical (unpaired) electrons. The lowest BCUT2D eigenvalue weighted by molar-refractivity contribution is -0.189. The van der Waals surface area contributed by atoms with E-state index in [0.29, 0.717) is 0 Å². The molecule has 1 unspecified atom stereocenters. The molecule has 46 heavy (non-hydrogen) atoms. The summed E-state index contributed by atoms with van der Waals surface area (Å²) in [5.41, 5.74) is 5.68. The lowest BCUT2D eigenvalue weighted by Crippen LogP contribution is -2.39. The zero-order valence-corrected chi connectivity index (χ0v) is 30.9. The number of thiol groups is 1. The average Bonchev–Trinajstić information content (AvgIpc) is 3.03. The number of hydrogen-bond acceptors (Lipinski definition) is 7. The molecular formula is C38H73NO6S. The number of carboxylic acids is 1. The zero-order chi connectivity index (χ0) is 34.1. The maximum absolute atomic E-state index is 12.6. The highest BCUT2D eigenvalue weighted by atomic mass is 32.1. The van der Waals surface area contributed by atoms with Crippen molar-refractivity contribution < 1.29 is 29.0 Å². The first-order valence-corrected chi connectivity index (χ1v) is 19.9. The molecule has 3 N–H and O–H groups in total. The maximum Gasteiger partial charge on any atom is 0.321 e. The molecule has 0 fully saturated rings. The zero-order valence-electron chi connectivity index (χ0n) is 30.0. The second-order valence-electron chi connectivity index (χ2n) is 13.4. The van der Waals surface area contributed by atoms with Gasteiger partial charge in [-0.05, 0) is 19.3 Å². The highest BCUT2D eigenvalue weighted by molar-refractivity contribution is 7.81. The molecule has 0 aliphatic carbocycles. The molecule has 7 nitrogen and oxygen atoms in total. The van der Waals surface area contributed by atoms with Crippen molar-refractivity contribution in [3.05, 3.63) is 0 Å². The van der Waals surface area contributed by atoms with Crippen LogP contribution in [-0.2, 0) is 23.9 Å². The van der Waals surface area contributed by atoms with E-state index in [0.717, 1.165) is 38.5 Å². The largest absolute Gasteiger partial charge is 0.480 e. The van der Waals surface area contributed by atoms with Crippen LogP contribution >= 0.6 is 12.6 Å². The number of carbonyl (C=O) groups excluding carboxylic acids is 2. The Morgan fingerprint density at radius 1 is 0.522 bits per heavy atom. The summed E-state index contributed by atoms with van der Waals surface area (Å²) in [4.78, 5) is 36.3. The minimum absolute atomic E-state index is 0.170. The maximum atomic E-state index is 12.6. The summed E-state index contributed by atoms with van der Waals surface area (Å²) >= 11 is 4.30. The van der Waals surface area contributed by atoms with Crippen molar-refractivity contribution in [3.8, 4) is 0 Å². The van der Waals surface area contributed by atoms with Crippen LogP contribution in [0.2, 0.25) is 0 Å². The van der Waals surface area contributed by atoms with Crippen molar-refractivity contribution in [3.63, 3.8) is 0 Å². The van der Waals surface area contributed by atoms with Gasteiger partial charge in [-0.1, -0.05) is 168 Å². The highest BCUT2D eigenvalue weighted by Gasteiger charge is 2.25. The van der Waals surface area contributed by atoms with Crippen LogP contribution in [0.15, 0.2) is 0 Å². The summed E-state index contributed by atoms with van der Waals surface area (Å²) < 4.78 is 11.1. The Bertz CT molecular complexity index is 677. The molecule has 0 bridgehead atoms. The van der Waals surface area contributed by atoms with Crippen molar-refractivity contribution in [2.75, 3.05) is 0 Å². The van der Waals surface area contributed by atoms with Crippen LogP contribution in [0.1, 0.15) is 206 Å². The lowest BCUT2D eigenvalue weighted by atomic mass is 10.0. The van der Waals surface area contributed by atoms with E-state index in [2.05, 4.69) is 26.5 Å². The van der Waals surface area contributed by atoms with Crippen molar-refractivity contribution in [1.29, 1.82) is 0 Å². The summed E-state index contributed by atoms with van der Waals surface area (Å²) in [6, 6.07) is -1.15. The van der Waals surface area contributed by atoms with E-state index in [9.17, 15) is 14.4 Å². The second-order valence-corrected chi connectivity index (χ2v) is 14.1. The fraction of sp³-hybridized carbons (Fsp3) is 0.921. The number of nitrogens with two attached hydrogens (primary N) is 1. The predicted octanol–water partition coefficient (Wildman–Crippen LogP) is 10.9. The van der Waals surface area contributed by atoms with Gasteiger partial charge in [0.1, 0.15) is 6.04 Å². The second kappa shape index (κ2) is 33.6. The number of carboxylic acid groups (broad SMARTS) is 1. The summed E-state index contributed by atoms with van der Waals surface area (Å²) in [7, 11) is 0. The minimum Gasteiger partial charge on any atom is -0.480 e. The molecule has 0 aliphatic rings. The van der Waals surface area contributed by atoms with Gasteiger partial charge in [-0.15, -0.1) is 0 Å². The molecule has 0 aromatic heterocycles. The fourth-order valence-corrected chi connectivity index (χ4v) is 6.05. The van der Waals surface area contributed by atoms with Gasteiger partial charge in [-0.2, -0.15) is 12.6 Å². The number of aliphatic carboxylic acids is 1. The number of hydrogen-bond donors (Lipinski definition) is 3. The standard InChI is InChI=1S/C38H73NO6S/c1-3-5-7-9-11-13-15-17-19-21-23-25-27-29-34(40)44-36(32-31-33(46)37(39)38(42)43)45-35(41)30-28-26-24-22-20-18-16-14-12-10-8-6-4-2/h33,36-37,46H,3-32,39H2,1-2H3,(H,42,43)/t33?,37-/m0/s1.